The van der Waals surface area contributed by atoms with Crippen molar-refractivity contribution in [1.82, 2.24) is 0 Å². The third-order valence-corrected chi connectivity index (χ3v) is 3.58. The Kier molecular flexibility index (Phi) is 7.55. The van der Waals surface area contributed by atoms with Crippen molar-refractivity contribution in [2.24, 2.45) is 0 Å². The highest BCUT2D eigenvalue weighted by Crippen LogP contribution is 2.30. The zero-order valence-corrected chi connectivity index (χ0v) is 13.2. The van der Waals surface area contributed by atoms with Crippen LogP contribution in [-0.4, -0.2) is 81.9 Å². The van der Waals surface area contributed by atoms with Crippen LogP contribution in [0.15, 0.2) is 18.2 Å². The fourth-order valence-corrected chi connectivity index (χ4v) is 2.11. The lowest BCUT2D eigenvalue weighted by atomic mass is 9.94. The van der Waals surface area contributed by atoms with Crippen LogP contribution in [0.1, 0.15) is 22.0 Å². The van der Waals surface area contributed by atoms with Crippen LogP contribution in [0.5, 0.6) is 5.75 Å². The maximum atomic E-state index is 11.5. The zero-order valence-electron chi connectivity index (χ0n) is 13.2. The average Bonchev–Trinajstić information content (AvgIpc) is 2.63. The van der Waals surface area contributed by atoms with Gasteiger partial charge in [0.05, 0.1) is 26.4 Å². The van der Waals surface area contributed by atoms with E-state index >= 15 is 0 Å². The molecule has 9 heteroatoms. The molecule has 24 heavy (non-hydrogen) atoms. The molecule has 1 aromatic rings. The van der Waals surface area contributed by atoms with Gasteiger partial charge >= 0.3 is 5.97 Å². The summed E-state index contributed by atoms with van der Waals surface area (Å²) in [5, 5.41) is 57.7. The van der Waals surface area contributed by atoms with Crippen LogP contribution < -0.4 is 4.74 Å². The maximum absolute atomic E-state index is 11.5. The number of aliphatic hydroxyl groups is 6. The van der Waals surface area contributed by atoms with E-state index < -0.39 is 43.1 Å². The summed E-state index contributed by atoms with van der Waals surface area (Å²) in [5.74, 6) is -0.578. The van der Waals surface area contributed by atoms with E-state index in [0.29, 0.717) is 0 Å². The number of aliphatic hydroxyl groups excluding tert-OH is 6. The molecule has 0 heterocycles. The number of carbonyl (C=O) groups is 1. The molecule has 0 bridgehead atoms. The first-order chi connectivity index (χ1) is 11.3. The molecule has 0 saturated carbocycles. The number of hydrogen-bond donors (Lipinski definition) is 6. The molecule has 1 unspecified atom stereocenters. The molecule has 0 radical (unpaired) electrons. The number of carbonyl (C=O) groups excluding carboxylic acids is 1. The minimum absolute atomic E-state index is 0.0439. The fraction of sp³-hybridized carbons (Fsp3) is 0.533. The number of rotatable bonds is 8. The van der Waals surface area contributed by atoms with Crippen LogP contribution in [0.3, 0.4) is 0 Å². The van der Waals surface area contributed by atoms with Crippen molar-refractivity contribution in [2.45, 2.75) is 30.5 Å². The highest BCUT2D eigenvalue weighted by molar-refractivity contribution is 5.89. The van der Waals surface area contributed by atoms with Gasteiger partial charge in [0.2, 0.25) is 0 Å². The van der Waals surface area contributed by atoms with Crippen LogP contribution >= 0.6 is 0 Å². The SMILES string of the molecule is COC(=O)c1ccc(C(O)[C@H](O)[C@@H](O)[C@H](O)[C@@H](O)CO)c(OC)c1. The Morgan fingerprint density at radius 2 is 1.67 bits per heavy atom. The Hall–Kier alpha value is -1.75. The Labute approximate surface area is 138 Å². The monoisotopic (exact) mass is 346 g/mol. The van der Waals surface area contributed by atoms with Gasteiger partial charge in [-0.25, -0.2) is 4.79 Å². The molecule has 0 saturated heterocycles. The highest BCUT2D eigenvalue weighted by atomic mass is 16.5. The van der Waals surface area contributed by atoms with Crippen molar-refractivity contribution < 1.29 is 44.9 Å². The Morgan fingerprint density at radius 1 is 1.04 bits per heavy atom. The molecule has 5 atom stereocenters. The second kappa shape index (κ2) is 8.92. The molecular weight excluding hydrogens is 324 g/mol. The topological polar surface area (TPSA) is 157 Å². The van der Waals surface area contributed by atoms with Gasteiger partial charge in [0.1, 0.15) is 36.3 Å². The van der Waals surface area contributed by atoms with Crippen molar-refractivity contribution in [3.63, 3.8) is 0 Å². The molecule has 1 rings (SSSR count). The first-order valence-electron chi connectivity index (χ1n) is 7.05. The lowest BCUT2D eigenvalue weighted by molar-refractivity contribution is -0.141. The van der Waals surface area contributed by atoms with E-state index in [2.05, 4.69) is 4.74 Å². The van der Waals surface area contributed by atoms with Crippen LogP contribution in [0.2, 0.25) is 0 Å². The summed E-state index contributed by atoms with van der Waals surface area (Å²) in [6.45, 7) is -0.835. The van der Waals surface area contributed by atoms with Gasteiger partial charge in [-0.2, -0.15) is 0 Å². The van der Waals surface area contributed by atoms with Gasteiger partial charge in [-0.05, 0) is 12.1 Å². The highest BCUT2D eigenvalue weighted by Gasteiger charge is 2.35. The normalized spacial score (nSPS) is 17.5. The van der Waals surface area contributed by atoms with E-state index in [1.54, 1.807) is 0 Å². The molecule has 0 aliphatic rings. The molecule has 0 aliphatic heterocycles. The lowest BCUT2D eigenvalue weighted by Gasteiger charge is -2.29. The van der Waals surface area contributed by atoms with Crippen LogP contribution in [0, 0.1) is 0 Å². The quantitative estimate of drug-likeness (QED) is 0.292. The van der Waals surface area contributed by atoms with Crippen LogP contribution in [0.25, 0.3) is 0 Å². The third kappa shape index (κ3) is 4.41. The van der Waals surface area contributed by atoms with Crippen molar-refractivity contribution in [1.29, 1.82) is 0 Å². The van der Waals surface area contributed by atoms with Crippen molar-refractivity contribution in [2.75, 3.05) is 20.8 Å². The Bertz CT molecular complexity index is 548. The average molecular weight is 346 g/mol. The van der Waals surface area contributed by atoms with Gasteiger partial charge in [0, 0.05) is 5.56 Å². The predicted molar refractivity (Wildman–Crippen MR) is 80.4 cm³/mol. The standard InChI is InChI=1S/C15H22O9/c1-23-10-5-7(15(22)24-2)3-4-8(10)11(18)13(20)14(21)12(19)9(17)6-16/h3-5,9,11-14,16-21H,6H2,1-2H3/t9-,11?,12+,13-,14-/m0/s1. The second-order valence-corrected chi connectivity index (χ2v) is 5.11. The van der Waals surface area contributed by atoms with Gasteiger partial charge in [-0.15, -0.1) is 0 Å². The number of hydrogen-bond acceptors (Lipinski definition) is 9. The molecule has 0 amide bonds. The fourth-order valence-electron chi connectivity index (χ4n) is 2.11. The minimum atomic E-state index is -1.94. The molecular formula is C15H22O9. The minimum Gasteiger partial charge on any atom is -0.496 e. The van der Waals surface area contributed by atoms with E-state index in [0.717, 1.165) is 0 Å². The molecule has 9 nitrogen and oxygen atoms in total. The summed E-state index contributed by atoms with van der Waals surface area (Å²) in [5.41, 5.74) is 0.193. The lowest BCUT2D eigenvalue weighted by Crippen LogP contribution is -2.47. The summed E-state index contributed by atoms with van der Waals surface area (Å²) in [6.07, 6.45) is -9.08. The molecule has 1 aromatic carbocycles. The first kappa shape index (κ1) is 20.3. The maximum Gasteiger partial charge on any atom is 0.337 e. The van der Waals surface area contributed by atoms with Gasteiger partial charge in [-0.3, -0.25) is 0 Å². The van der Waals surface area contributed by atoms with Crippen molar-refractivity contribution in [3.05, 3.63) is 29.3 Å². The largest absolute Gasteiger partial charge is 0.496 e. The summed E-state index contributed by atoms with van der Waals surface area (Å²) in [6, 6.07) is 3.90. The molecule has 0 aromatic heterocycles. The van der Waals surface area contributed by atoms with E-state index in [4.69, 9.17) is 9.84 Å². The number of benzene rings is 1. The van der Waals surface area contributed by atoms with E-state index in [9.17, 15) is 30.3 Å². The zero-order chi connectivity index (χ0) is 18.4. The number of esters is 1. The Balaban J connectivity index is 3.05. The predicted octanol–water partition coefficient (Wildman–Crippen LogP) is -2.05. The van der Waals surface area contributed by atoms with Crippen LogP contribution in [-0.2, 0) is 4.74 Å². The van der Waals surface area contributed by atoms with Crippen molar-refractivity contribution >= 4 is 5.97 Å². The summed E-state index contributed by atoms with van der Waals surface area (Å²) < 4.78 is 9.61. The summed E-state index contributed by atoms with van der Waals surface area (Å²) in [4.78, 5) is 11.5. The Morgan fingerprint density at radius 3 is 2.17 bits per heavy atom. The van der Waals surface area contributed by atoms with E-state index in [-0.39, 0.29) is 16.9 Å². The molecule has 0 spiro atoms. The van der Waals surface area contributed by atoms with Crippen molar-refractivity contribution in [3.8, 4) is 5.75 Å². The van der Waals surface area contributed by atoms with Gasteiger partial charge < -0.3 is 40.1 Å². The molecule has 136 valence electrons. The smallest absolute Gasteiger partial charge is 0.337 e. The molecule has 6 N–H and O–H groups in total. The van der Waals surface area contributed by atoms with Gasteiger partial charge in [0.25, 0.3) is 0 Å². The van der Waals surface area contributed by atoms with E-state index in [1.165, 1.54) is 32.4 Å². The third-order valence-electron chi connectivity index (χ3n) is 3.58. The number of ether oxygens (including phenoxy) is 2. The van der Waals surface area contributed by atoms with E-state index in [1.807, 2.05) is 0 Å². The van der Waals surface area contributed by atoms with Gasteiger partial charge in [-0.1, -0.05) is 6.07 Å². The van der Waals surface area contributed by atoms with Gasteiger partial charge in [0.15, 0.2) is 0 Å². The first-order valence-corrected chi connectivity index (χ1v) is 7.05. The second-order valence-electron chi connectivity index (χ2n) is 5.11. The molecule has 0 fully saturated rings. The summed E-state index contributed by atoms with van der Waals surface area (Å²) >= 11 is 0. The van der Waals surface area contributed by atoms with Crippen LogP contribution in [0.4, 0.5) is 0 Å². The number of methoxy groups -OCH3 is 2. The summed E-state index contributed by atoms with van der Waals surface area (Å²) in [7, 11) is 2.48. The molecule has 0 aliphatic carbocycles.